The van der Waals surface area contributed by atoms with Crippen LogP contribution >= 0.6 is 0 Å². The first-order valence-electron chi connectivity index (χ1n) is 37.7. The van der Waals surface area contributed by atoms with Gasteiger partial charge in [0.25, 0.3) is 11.8 Å². The van der Waals surface area contributed by atoms with Crippen LogP contribution in [0.4, 0.5) is 9.59 Å². The summed E-state index contributed by atoms with van der Waals surface area (Å²) in [6.07, 6.45) is 9.79. The zero-order valence-corrected chi connectivity index (χ0v) is 66.6. The number of nitrogens with one attached hydrogen (secondary N) is 5. The minimum absolute atomic E-state index is 0.0311. The van der Waals surface area contributed by atoms with E-state index in [1.54, 1.807) is 13.2 Å². The number of carbonyl (C=O) groups is 8. The maximum absolute atomic E-state index is 14.8. The van der Waals surface area contributed by atoms with Crippen LogP contribution in [0.15, 0.2) is 122 Å². The van der Waals surface area contributed by atoms with Gasteiger partial charge in [-0.1, -0.05) is 178 Å². The second kappa shape index (κ2) is 31.7. The maximum atomic E-state index is 14.8. The Kier molecular flexibility index (Phi) is 24.1. The number of hydrogen-bond donors (Lipinski definition) is 7. The normalized spacial score (nSPS) is 28.4. The topological polar surface area (TPSA) is 355 Å². The van der Waals surface area contributed by atoms with Crippen molar-refractivity contribution in [2.24, 2.45) is 39.2 Å². The van der Waals surface area contributed by atoms with Gasteiger partial charge in [-0.05, 0) is 143 Å². The minimum atomic E-state index is -3.90. The summed E-state index contributed by atoms with van der Waals surface area (Å²) in [6, 6.07) is 28.2. The van der Waals surface area contributed by atoms with Crippen molar-refractivity contribution in [2.75, 3.05) is 40.5 Å². The van der Waals surface area contributed by atoms with Crippen molar-refractivity contribution in [3.8, 4) is 22.3 Å². The molecule has 0 aromatic heterocycles. The van der Waals surface area contributed by atoms with Crippen LogP contribution in [0.2, 0.25) is 0 Å². The molecule has 4 aromatic rings. The Labute approximate surface area is 641 Å². The largest absolute Gasteiger partial charge is 0.480 e. The van der Waals surface area contributed by atoms with Gasteiger partial charge in [0.1, 0.15) is 46.4 Å². The predicted molar refractivity (Wildman–Crippen MR) is 412 cm³/mol. The highest BCUT2D eigenvalue weighted by molar-refractivity contribution is 7.91. The number of aliphatic carboxylic acids is 1. The van der Waals surface area contributed by atoms with Gasteiger partial charge >= 0.3 is 18.2 Å². The van der Waals surface area contributed by atoms with Crippen molar-refractivity contribution in [2.45, 2.75) is 216 Å². The van der Waals surface area contributed by atoms with Crippen molar-refractivity contribution < 1.29 is 79.2 Å². The van der Waals surface area contributed by atoms with Crippen LogP contribution in [0, 0.1) is 33.5 Å². The third kappa shape index (κ3) is 18.8. The van der Waals surface area contributed by atoms with E-state index >= 15 is 0 Å². The monoisotopic (exact) mass is 1540 g/mol. The lowest BCUT2D eigenvalue weighted by molar-refractivity contribution is -0.150. The number of carboxylic acids is 1. The Bertz CT molecular complexity index is 4370. The van der Waals surface area contributed by atoms with Crippen LogP contribution in [0.5, 0.6) is 0 Å². The second-order valence-electron chi connectivity index (χ2n) is 34.6. The zero-order valence-electron chi connectivity index (χ0n) is 64.9. The molecule has 4 aromatic carbocycles. The highest BCUT2D eigenvalue weighted by Crippen LogP contribution is 2.49. The molecule has 10 aliphatic rings. The van der Waals surface area contributed by atoms with Crippen LogP contribution in [0.25, 0.3) is 22.3 Å². The van der Waals surface area contributed by atoms with E-state index in [0.717, 1.165) is 71.9 Å². The standard InChI is InChI=1S/C41H54N4O8S.C32H42N2O6.C9H14N2O3S/c1-8-28-22-41(28,36(48)44-54(50,51)30-19-20-30)43-34(46)32-23-40(52-7)24-45(32)35(47)33(38(2,3)4)42-37(49)53-25-39(5,6)21-11-13-26-12-9-10-14-31(26)27-15-17-29(40)18-16-27;1-30(2,3)26-27(35)34-19-32(39-6,18-25(34)28(36)37)23-15-13-22(14-16-23)24-12-8-7-10-21(24)11-9-17-31(4,5)20-40-29(38)33-26;1-2-6-5-9(6,10)8(12)11-15(13,14)7-3-4-7/h8-10,12,14-18,28,30,32-33H,1,11,13,19-25H2,2-7H3,(H,42,49)(H,43,46)(H,44,48);7-8,10,12-16,25-26H,9,11,17-20H2,1-6H3,(H,33,38)(H,36,37);2,6-7H,1,3-5,10H2,(H,11,12)/t28-,32+,33-,40+,41-;25-,26+,32-;6-,9-/m101/s1. The van der Waals surface area contributed by atoms with Gasteiger partial charge in [0.2, 0.25) is 37.8 Å². The number of rotatable bonds is 13. The summed E-state index contributed by atoms with van der Waals surface area (Å²) in [4.78, 5) is 110. The number of ether oxygens (including phenoxy) is 4. The quantitative estimate of drug-likeness (QED) is 0.0612. The van der Waals surface area contributed by atoms with Gasteiger partial charge in [0.05, 0.1) is 36.8 Å². The zero-order chi connectivity index (χ0) is 79.8. The molecule has 0 radical (unpaired) electrons. The summed E-state index contributed by atoms with van der Waals surface area (Å²) >= 11 is 0. The van der Waals surface area contributed by atoms with E-state index in [4.69, 9.17) is 24.7 Å². The number of aryl methyl sites for hydroxylation is 2. The summed E-state index contributed by atoms with van der Waals surface area (Å²) in [5, 5.41) is 17.5. The van der Waals surface area contributed by atoms with Crippen molar-refractivity contribution in [1.29, 1.82) is 0 Å². The summed E-state index contributed by atoms with van der Waals surface area (Å²) in [5.41, 5.74) is 7.19. The number of hydrogen-bond acceptors (Lipinski definition) is 17. The molecule has 8 bridgehead atoms. The third-order valence-electron chi connectivity index (χ3n) is 22.8. The average molecular weight is 1540 g/mol. The molecular weight excluding hydrogens is 1430 g/mol. The smallest absolute Gasteiger partial charge is 0.407 e. The van der Waals surface area contributed by atoms with Gasteiger partial charge in [-0.2, -0.15) is 0 Å². The molecule has 6 heterocycles. The van der Waals surface area contributed by atoms with Crippen LogP contribution < -0.4 is 31.1 Å². The van der Waals surface area contributed by atoms with E-state index in [9.17, 15) is 60.3 Å². The molecule has 592 valence electrons. The summed E-state index contributed by atoms with van der Waals surface area (Å²) < 4.78 is 76.3. The molecule has 0 unspecified atom stereocenters. The van der Waals surface area contributed by atoms with Crippen molar-refractivity contribution in [3.63, 3.8) is 0 Å². The van der Waals surface area contributed by atoms with E-state index in [1.807, 2.05) is 133 Å². The lowest BCUT2D eigenvalue weighted by atomic mass is 9.85. The number of fused-ring (bicyclic) bond motifs is 22. The molecule has 7 amide bonds. The average Bonchev–Trinajstić information content (AvgIpc) is 1.57. The minimum Gasteiger partial charge on any atom is -0.480 e. The fourth-order valence-corrected chi connectivity index (χ4v) is 18.0. The summed E-state index contributed by atoms with van der Waals surface area (Å²) in [7, 11) is -4.29. The number of benzene rings is 4. The number of amides is 7. The van der Waals surface area contributed by atoms with Gasteiger partial charge < -0.3 is 55.5 Å². The molecule has 0 spiro atoms. The van der Waals surface area contributed by atoms with E-state index in [1.165, 1.54) is 34.1 Å². The van der Waals surface area contributed by atoms with Gasteiger partial charge in [-0.15, -0.1) is 13.2 Å². The van der Waals surface area contributed by atoms with Gasteiger partial charge in [-0.25, -0.2) is 31.2 Å². The van der Waals surface area contributed by atoms with Crippen LogP contribution in [-0.4, -0.2) is 166 Å². The highest BCUT2D eigenvalue weighted by atomic mass is 32.2. The number of nitrogens with zero attached hydrogens (tertiary/aromatic N) is 2. The van der Waals surface area contributed by atoms with Crippen molar-refractivity contribution in [3.05, 3.63) is 145 Å². The first-order chi connectivity index (χ1) is 51.0. The predicted octanol–water partition coefficient (Wildman–Crippen LogP) is 9.85. The maximum Gasteiger partial charge on any atom is 0.407 e. The Morgan fingerprint density at radius 3 is 1.34 bits per heavy atom. The van der Waals surface area contributed by atoms with Gasteiger partial charge in [0, 0.05) is 38.9 Å². The first-order valence-corrected chi connectivity index (χ1v) is 40.8. The number of methoxy groups -OCH3 is 2. The number of carbonyl (C=O) groups excluding carboxylic acids is 7. The molecule has 4 saturated carbocycles. The second-order valence-corrected chi connectivity index (χ2v) is 38.5. The molecule has 10 atom stereocenters. The lowest BCUT2D eigenvalue weighted by Crippen LogP contribution is -2.60. The SMILES string of the molecule is C=C[C@@H]1C[C@]1(N)C(=O)NS(=O)(=O)C1CC1.C=C[C@@H]1C[C@]1(NC(=O)[C@@H]1C[C@]2(OC)CN1C(=O)[C@H](C(C)(C)C)NC(=O)OCC(C)(C)CCCc1ccccc1-c1ccc2cc1)C(=O)NS(=O)(=O)C1CC1.CO[C@@]12C[C@@H](C(=O)O)N(C1)C(=O)[C@H](C(C)(C)C)NC(=O)OCC(C)(C)CCCc1ccccc1-c1ccc2cc1. The van der Waals surface area contributed by atoms with Crippen molar-refractivity contribution in [1.82, 2.24) is 35.2 Å². The van der Waals surface area contributed by atoms with Crippen LogP contribution in [-0.2, 0) is 91.8 Å². The molecule has 14 rings (SSSR count). The molecule has 6 fully saturated rings. The molecular formula is C82H110N8O17S2. The van der Waals surface area contributed by atoms with E-state index in [-0.39, 0.29) is 62.3 Å². The Morgan fingerprint density at radius 2 is 0.972 bits per heavy atom. The summed E-state index contributed by atoms with van der Waals surface area (Å²) in [5.74, 6) is -4.80. The highest BCUT2D eigenvalue weighted by Gasteiger charge is 2.63. The Balaban J connectivity index is 0.000000200. The fourth-order valence-electron chi connectivity index (χ4n) is 15.3. The fraction of sp³-hybridized carbons (Fsp3) is 0.561. The number of sulfonamides is 2. The molecule has 4 aliphatic carbocycles. The summed E-state index contributed by atoms with van der Waals surface area (Å²) in [6.45, 7) is 26.9. The molecule has 25 nitrogen and oxygen atoms in total. The lowest BCUT2D eigenvalue weighted by Gasteiger charge is -2.36. The Morgan fingerprint density at radius 1 is 0.578 bits per heavy atom. The first kappa shape index (κ1) is 83.0. The molecule has 8 N–H and O–H groups in total. The van der Waals surface area contributed by atoms with E-state index in [2.05, 4.69) is 71.9 Å². The molecule has 6 aliphatic heterocycles. The van der Waals surface area contributed by atoms with Gasteiger partial charge in [-0.3, -0.25) is 33.4 Å². The number of alkyl carbamates (subject to hydrolysis) is 2. The van der Waals surface area contributed by atoms with E-state index in [0.29, 0.717) is 32.1 Å². The van der Waals surface area contributed by atoms with E-state index < -0.39 is 141 Å². The molecule has 2 saturated heterocycles. The van der Waals surface area contributed by atoms with Crippen molar-refractivity contribution >= 4 is 67.7 Å². The van der Waals surface area contributed by atoms with Crippen LogP contribution in [0.3, 0.4) is 0 Å². The van der Waals surface area contributed by atoms with Crippen LogP contribution in [0.1, 0.15) is 169 Å². The number of carboxylic acid groups (broad SMARTS) is 1. The third-order valence-corrected chi connectivity index (χ3v) is 26.5. The molecule has 109 heavy (non-hydrogen) atoms. The molecule has 27 heteroatoms. The Hall–Kier alpha value is -8.50. The van der Waals surface area contributed by atoms with Gasteiger partial charge in [0.15, 0.2) is 0 Å². The number of nitrogens with two attached hydrogens (primary N) is 1.